The highest BCUT2D eigenvalue weighted by atomic mass is 19.1. The summed E-state index contributed by atoms with van der Waals surface area (Å²) in [4.78, 5) is 26.3. The van der Waals surface area contributed by atoms with Crippen LogP contribution in [0.5, 0.6) is 0 Å². The van der Waals surface area contributed by atoms with E-state index in [1.54, 1.807) is 18.5 Å². The van der Waals surface area contributed by atoms with E-state index in [1.807, 2.05) is 12.1 Å². The summed E-state index contributed by atoms with van der Waals surface area (Å²) in [6.07, 6.45) is 6.16. The lowest BCUT2D eigenvalue weighted by Crippen LogP contribution is -2.44. The molecule has 1 fully saturated rings. The Morgan fingerprint density at radius 2 is 1.91 bits per heavy atom. The van der Waals surface area contributed by atoms with Crippen molar-refractivity contribution in [1.82, 2.24) is 20.2 Å². The van der Waals surface area contributed by atoms with Gasteiger partial charge in [-0.05, 0) is 49.1 Å². The second kappa shape index (κ2) is 12.4. The quantitative estimate of drug-likeness (QED) is 0.437. The Bertz CT molecular complexity index is 1080. The topological polar surface area (TPSA) is 61.4 Å². The molecule has 1 N–H and O–H groups in total. The van der Waals surface area contributed by atoms with Gasteiger partial charge < -0.3 is 10.2 Å². The van der Waals surface area contributed by atoms with Crippen LogP contribution in [0.3, 0.4) is 0 Å². The number of carbonyl (C=O) groups is 1. The summed E-state index contributed by atoms with van der Waals surface area (Å²) in [6, 6.07) is 16.9. The number of anilines is 1. The fourth-order valence-electron chi connectivity index (χ4n) is 4.52. The Morgan fingerprint density at radius 3 is 2.66 bits per heavy atom. The maximum Gasteiger partial charge on any atom is 0.225 e. The number of hydrogen-bond acceptors (Lipinski definition) is 5. The average molecular weight is 476 g/mol. The van der Waals surface area contributed by atoms with Gasteiger partial charge in [0.25, 0.3) is 0 Å². The van der Waals surface area contributed by atoms with E-state index in [4.69, 9.17) is 0 Å². The number of hydrogen-bond donors (Lipinski definition) is 1. The Morgan fingerprint density at radius 1 is 1.11 bits per heavy atom. The third kappa shape index (κ3) is 7.09. The summed E-state index contributed by atoms with van der Waals surface area (Å²) in [5.74, 6) is 0.372. The van der Waals surface area contributed by atoms with Crippen LogP contribution in [0.2, 0.25) is 0 Å². The summed E-state index contributed by atoms with van der Waals surface area (Å²) in [7, 11) is 0. The minimum absolute atomic E-state index is 0.0677. The predicted octanol–water partition coefficient (Wildman–Crippen LogP) is 4.53. The fourth-order valence-corrected chi connectivity index (χ4v) is 4.52. The smallest absolute Gasteiger partial charge is 0.225 e. The van der Waals surface area contributed by atoms with E-state index in [2.05, 4.69) is 56.3 Å². The van der Waals surface area contributed by atoms with Gasteiger partial charge in [0.15, 0.2) is 0 Å². The molecule has 35 heavy (non-hydrogen) atoms. The molecule has 2 heterocycles. The van der Waals surface area contributed by atoms with Crippen molar-refractivity contribution in [2.24, 2.45) is 5.92 Å². The molecule has 0 saturated carbocycles. The normalized spacial score (nSPS) is 15.9. The van der Waals surface area contributed by atoms with Crippen molar-refractivity contribution in [3.05, 3.63) is 78.4 Å². The van der Waals surface area contributed by atoms with Gasteiger partial charge in [-0.3, -0.25) is 9.69 Å². The molecule has 1 amide bonds. The Balaban J connectivity index is 1.23. The minimum Gasteiger partial charge on any atom is -0.356 e. The van der Waals surface area contributed by atoms with Crippen LogP contribution in [0.4, 0.5) is 10.3 Å². The van der Waals surface area contributed by atoms with E-state index in [1.165, 1.54) is 17.7 Å². The zero-order valence-electron chi connectivity index (χ0n) is 20.4. The minimum atomic E-state index is -0.282. The monoisotopic (exact) mass is 475 g/mol. The lowest BCUT2D eigenvalue weighted by atomic mass is 9.97. The largest absolute Gasteiger partial charge is 0.356 e. The molecule has 2 aromatic carbocycles. The van der Waals surface area contributed by atoms with Gasteiger partial charge >= 0.3 is 0 Å². The molecule has 0 spiro atoms. The van der Waals surface area contributed by atoms with Gasteiger partial charge in [-0.25, -0.2) is 14.4 Å². The second-order valence-electron chi connectivity index (χ2n) is 9.07. The first kappa shape index (κ1) is 24.8. The number of carbonyl (C=O) groups excluding carboxylic acids is 1. The van der Waals surface area contributed by atoms with Crippen LogP contribution in [0.15, 0.2) is 67.0 Å². The molecular weight excluding hydrogens is 441 g/mol. The van der Waals surface area contributed by atoms with Crippen LogP contribution in [-0.2, 0) is 11.3 Å². The number of amides is 1. The number of nitrogens with zero attached hydrogens (tertiary/aromatic N) is 4. The van der Waals surface area contributed by atoms with Crippen molar-refractivity contribution in [3.63, 3.8) is 0 Å². The summed E-state index contributed by atoms with van der Waals surface area (Å²) >= 11 is 0. The molecule has 3 aromatic rings. The van der Waals surface area contributed by atoms with Crippen LogP contribution >= 0.6 is 0 Å². The molecule has 1 aliphatic heterocycles. The average Bonchev–Trinajstić information content (AvgIpc) is 2.91. The molecule has 0 radical (unpaired) electrons. The highest BCUT2D eigenvalue weighted by Crippen LogP contribution is 2.23. The highest BCUT2D eigenvalue weighted by molar-refractivity contribution is 5.79. The first-order valence-electron chi connectivity index (χ1n) is 12.5. The lowest BCUT2D eigenvalue weighted by molar-refractivity contribution is -0.125. The van der Waals surface area contributed by atoms with E-state index in [9.17, 15) is 9.18 Å². The van der Waals surface area contributed by atoms with E-state index < -0.39 is 0 Å². The Kier molecular flexibility index (Phi) is 8.79. The molecular formula is C28H34FN5O. The third-order valence-electron chi connectivity index (χ3n) is 6.52. The van der Waals surface area contributed by atoms with Gasteiger partial charge in [-0.1, -0.05) is 49.4 Å². The van der Waals surface area contributed by atoms with E-state index >= 15 is 0 Å². The van der Waals surface area contributed by atoms with Gasteiger partial charge in [-0.2, -0.15) is 0 Å². The number of nitrogens with one attached hydrogen (secondary N) is 1. The molecule has 7 heteroatoms. The van der Waals surface area contributed by atoms with Crippen molar-refractivity contribution >= 4 is 11.9 Å². The SMILES string of the molecule is CCN(CCCNC(=O)C1CCCN(c2ncc(-c3cccc(F)c3)cn2)C1)Cc1ccccc1. The van der Waals surface area contributed by atoms with E-state index in [0.29, 0.717) is 19.0 Å². The van der Waals surface area contributed by atoms with Crippen LogP contribution in [0.1, 0.15) is 31.7 Å². The van der Waals surface area contributed by atoms with Crippen molar-refractivity contribution in [3.8, 4) is 11.1 Å². The van der Waals surface area contributed by atoms with Crippen molar-refractivity contribution < 1.29 is 9.18 Å². The maximum atomic E-state index is 13.5. The number of benzene rings is 2. The van der Waals surface area contributed by atoms with Crippen molar-refractivity contribution in [2.75, 3.05) is 37.6 Å². The van der Waals surface area contributed by atoms with E-state index in [0.717, 1.165) is 56.6 Å². The van der Waals surface area contributed by atoms with Crippen molar-refractivity contribution in [1.29, 1.82) is 0 Å². The van der Waals surface area contributed by atoms with Gasteiger partial charge in [0.1, 0.15) is 5.82 Å². The molecule has 6 nitrogen and oxygen atoms in total. The molecule has 1 saturated heterocycles. The zero-order valence-corrected chi connectivity index (χ0v) is 20.4. The highest BCUT2D eigenvalue weighted by Gasteiger charge is 2.27. The third-order valence-corrected chi connectivity index (χ3v) is 6.52. The molecule has 184 valence electrons. The zero-order chi connectivity index (χ0) is 24.5. The maximum absolute atomic E-state index is 13.5. The predicted molar refractivity (Wildman–Crippen MR) is 137 cm³/mol. The van der Waals surface area contributed by atoms with Crippen LogP contribution in [-0.4, -0.2) is 53.5 Å². The molecule has 1 atom stereocenters. The molecule has 4 rings (SSSR count). The Hall–Kier alpha value is -3.32. The van der Waals surface area contributed by atoms with Gasteiger partial charge in [0.2, 0.25) is 11.9 Å². The molecule has 0 aliphatic carbocycles. The molecule has 1 aromatic heterocycles. The summed E-state index contributed by atoms with van der Waals surface area (Å²) in [5.41, 5.74) is 2.83. The van der Waals surface area contributed by atoms with E-state index in [-0.39, 0.29) is 17.6 Å². The van der Waals surface area contributed by atoms with Crippen LogP contribution in [0, 0.1) is 11.7 Å². The van der Waals surface area contributed by atoms with Gasteiger partial charge in [-0.15, -0.1) is 0 Å². The Labute approximate surface area is 207 Å². The molecule has 0 bridgehead atoms. The second-order valence-corrected chi connectivity index (χ2v) is 9.07. The van der Waals surface area contributed by atoms with Gasteiger partial charge in [0, 0.05) is 50.7 Å². The standard InChI is InChI=1S/C28H34FN5O/c1-2-33(20-22-9-4-3-5-10-22)15-8-14-30-27(35)24-12-7-16-34(21-24)28-31-18-25(19-32-28)23-11-6-13-26(29)17-23/h3-6,9-11,13,17-19,24H,2,7-8,12,14-16,20-21H2,1H3,(H,30,35). The first-order valence-corrected chi connectivity index (χ1v) is 12.5. The lowest BCUT2D eigenvalue weighted by Gasteiger charge is -2.32. The molecule has 1 aliphatic rings. The summed E-state index contributed by atoms with van der Waals surface area (Å²) in [5, 5.41) is 3.14. The van der Waals surface area contributed by atoms with Crippen LogP contribution < -0.4 is 10.2 Å². The van der Waals surface area contributed by atoms with Crippen LogP contribution in [0.25, 0.3) is 11.1 Å². The number of aromatic nitrogens is 2. The summed E-state index contributed by atoms with van der Waals surface area (Å²) in [6.45, 7) is 7.16. The number of halogens is 1. The van der Waals surface area contributed by atoms with Crippen molar-refractivity contribution in [2.45, 2.75) is 32.7 Å². The fraction of sp³-hybridized carbons (Fsp3) is 0.393. The number of piperidine rings is 1. The van der Waals surface area contributed by atoms with Gasteiger partial charge in [0.05, 0.1) is 5.92 Å². The molecule has 1 unspecified atom stereocenters. The number of rotatable bonds is 10. The summed E-state index contributed by atoms with van der Waals surface area (Å²) < 4.78 is 13.5. The first-order chi connectivity index (χ1) is 17.1.